The van der Waals surface area contributed by atoms with E-state index in [0.29, 0.717) is 52.1 Å². The second kappa shape index (κ2) is 11.0. The molecule has 0 fully saturated rings. The van der Waals surface area contributed by atoms with Gasteiger partial charge in [0.05, 0.1) is 0 Å². The third kappa shape index (κ3) is 8.95. The highest BCUT2D eigenvalue weighted by Crippen LogP contribution is 1.94. The summed E-state index contributed by atoms with van der Waals surface area (Å²) in [4.78, 5) is 24.7. The Kier molecular flexibility index (Phi) is 10.3. The van der Waals surface area contributed by atoms with E-state index in [1.807, 2.05) is 18.7 Å². The molecule has 0 unspecified atom stereocenters. The summed E-state index contributed by atoms with van der Waals surface area (Å²) in [6.07, 6.45) is 0.895. The van der Waals surface area contributed by atoms with Crippen LogP contribution in [0.2, 0.25) is 0 Å². The van der Waals surface area contributed by atoms with Crippen LogP contribution < -0.4 is 16.4 Å². The molecule has 0 aromatic carbocycles. The van der Waals surface area contributed by atoms with Crippen molar-refractivity contribution in [2.75, 3.05) is 39.3 Å². The lowest BCUT2D eigenvalue weighted by atomic mass is 10.3. The minimum atomic E-state index is 0.0394. The molecule has 0 aliphatic rings. The number of hydrogen-bond acceptors (Lipinski definition) is 4. The van der Waals surface area contributed by atoms with Crippen LogP contribution in [0.4, 0.5) is 0 Å². The van der Waals surface area contributed by atoms with Gasteiger partial charge in [-0.1, -0.05) is 0 Å². The van der Waals surface area contributed by atoms with Gasteiger partial charge in [0.1, 0.15) is 0 Å². The van der Waals surface area contributed by atoms with E-state index in [2.05, 4.69) is 10.6 Å². The zero-order chi connectivity index (χ0) is 13.8. The van der Waals surface area contributed by atoms with Crippen LogP contribution in [0.5, 0.6) is 0 Å². The van der Waals surface area contributed by atoms with Crippen LogP contribution in [-0.2, 0) is 9.59 Å². The number of rotatable bonds is 10. The Morgan fingerprint density at radius 2 is 1.39 bits per heavy atom. The van der Waals surface area contributed by atoms with Gasteiger partial charge in [0.15, 0.2) is 0 Å². The molecule has 0 aliphatic heterocycles. The highest BCUT2D eigenvalue weighted by molar-refractivity contribution is 5.76. The summed E-state index contributed by atoms with van der Waals surface area (Å²) in [5.74, 6) is 0.0788. The molecule has 6 heteroatoms. The van der Waals surface area contributed by atoms with Crippen molar-refractivity contribution >= 4 is 11.8 Å². The number of hydrogen-bond donors (Lipinski definition) is 3. The molecule has 0 radical (unpaired) electrons. The van der Waals surface area contributed by atoms with Crippen molar-refractivity contribution in [3.05, 3.63) is 0 Å². The Balaban J connectivity index is 3.91. The number of nitrogens with zero attached hydrogens (tertiary/aromatic N) is 1. The van der Waals surface area contributed by atoms with Crippen LogP contribution in [0.3, 0.4) is 0 Å². The first kappa shape index (κ1) is 16.9. The molecule has 0 rings (SSSR count). The topological polar surface area (TPSA) is 87.5 Å². The Morgan fingerprint density at radius 1 is 0.944 bits per heavy atom. The fourth-order valence-electron chi connectivity index (χ4n) is 1.61. The largest absolute Gasteiger partial charge is 0.356 e. The van der Waals surface area contributed by atoms with E-state index in [1.165, 1.54) is 0 Å². The van der Waals surface area contributed by atoms with Crippen LogP contribution in [0.15, 0.2) is 0 Å². The predicted molar refractivity (Wildman–Crippen MR) is 72.1 cm³/mol. The maximum atomic E-state index is 11.3. The molecule has 0 aromatic heterocycles. The minimum Gasteiger partial charge on any atom is -0.356 e. The fourth-order valence-corrected chi connectivity index (χ4v) is 1.61. The molecule has 0 atom stereocenters. The van der Waals surface area contributed by atoms with Crippen LogP contribution >= 0.6 is 0 Å². The first-order valence-corrected chi connectivity index (χ1v) is 6.59. The standard InChI is InChI=1S/C12H26N4O2/c1-3-14-11(17)5-8-16(10-7-13)9-6-12(18)15-4-2/h3-10,13H2,1-2H3,(H,14,17)(H,15,18). The maximum absolute atomic E-state index is 11.3. The summed E-state index contributed by atoms with van der Waals surface area (Å²) >= 11 is 0. The summed E-state index contributed by atoms with van der Waals surface area (Å²) < 4.78 is 0. The Hall–Kier alpha value is -1.14. The monoisotopic (exact) mass is 258 g/mol. The number of amides is 2. The van der Waals surface area contributed by atoms with E-state index in [0.717, 1.165) is 0 Å². The molecule has 18 heavy (non-hydrogen) atoms. The minimum absolute atomic E-state index is 0.0394. The zero-order valence-electron chi connectivity index (χ0n) is 11.5. The quantitative estimate of drug-likeness (QED) is 0.483. The average Bonchev–Trinajstić information content (AvgIpc) is 2.33. The van der Waals surface area contributed by atoms with E-state index in [1.54, 1.807) is 0 Å². The molecule has 2 amide bonds. The van der Waals surface area contributed by atoms with Crippen molar-refractivity contribution in [1.82, 2.24) is 15.5 Å². The summed E-state index contributed by atoms with van der Waals surface area (Å²) in [7, 11) is 0. The van der Waals surface area contributed by atoms with E-state index < -0.39 is 0 Å². The third-order valence-electron chi connectivity index (χ3n) is 2.50. The van der Waals surface area contributed by atoms with Crippen molar-refractivity contribution in [3.63, 3.8) is 0 Å². The molecule has 0 heterocycles. The molecule has 4 N–H and O–H groups in total. The number of nitrogens with two attached hydrogens (primary N) is 1. The van der Waals surface area contributed by atoms with Gasteiger partial charge in [-0.25, -0.2) is 0 Å². The van der Waals surface area contributed by atoms with Gasteiger partial charge in [-0.05, 0) is 13.8 Å². The van der Waals surface area contributed by atoms with Crippen LogP contribution in [-0.4, -0.2) is 56.0 Å². The van der Waals surface area contributed by atoms with Gasteiger partial charge in [-0.3, -0.25) is 9.59 Å². The molecule has 0 saturated heterocycles. The van der Waals surface area contributed by atoms with E-state index in [9.17, 15) is 9.59 Å². The number of carbonyl (C=O) groups is 2. The Bertz CT molecular complexity index is 224. The lowest BCUT2D eigenvalue weighted by Crippen LogP contribution is -2.36. The van der Waals surface area contributed by atoms with Crippen molar-refractivity contribution < 1.29 is 9.59 Å². The molecule has 0 aromatic rings. The Morgan fingerprint density at radius 3 is 1.72 bits per heavy atom. The predicted octanol–water partition coefficient (Wildman–Crippen LogP) is -0.700. The van der Waals surface area contributed by atoms with E-state index in [4.69, 9.17) is 5.73 Å². The van der Waals surface area contributed by atoms with Gasteiger partial charge in [0, 0.05) is 52.1 Å². The molecular formula is C12H26N4O2. The summed E-state index contributed by atoms with van der Waals surface area (Å²) in [5.41, 5.74) is 5.52. The molecular weight excluding hydrogens is 232 g/mol. The van der Waals surface area contributed by atoms with Gasteiger partial charge in [-0.15, -0.1) is 0 Å². The van der Waals surface area contributed by atoms with Gasteiger partial charge in [-0.2, -0.15) is 0 Å². The molecule has 0 saturated carbocycles. The lowest BCUT2D eigenvalue weighted by Gasteiger charge is -2.20. The van der Waals surface area contributed by atoms with Crippen molar-refractivity contribution in [2.45, 2.75) is 26.7 Å². The highest BCUT2D eigenvalue weighted by Gasteiger charge is 2.09. The zero-order valence-corrected chi connectivity index (χ0v) is 11.5. The first-order chi connectivity index (χ1) is 8.63. The van der Waals surface area contributed by atoms with Crippen molar-refractivity contribution in [3.8, 4) is 0 Å². The second-order valence-electron chi connectivity index (χ2n) is 4.04. The second-order valence-corrected chi connectivity index (χ2v) is 4.04. The fraction of sp³-hybridized carbons (Fsp3) is 0.833. The molecule has 106 valence electrons. The van der Waals surface area contributed by atoms with Gasteiger partial charge >= 0.3 is 0 Å². The molecule has 0 aliphatic carbocycles. The number of nitrogens with one attached hydrogen (secondary N) is 2. The van der Waals surface area contributed by atoms with E-state index in [-0.39, 0.29) is 11.8 Å². The van der Waals surface area contributed by atoms with Crippen LogP contribution in [0.25, 0.3) is 0 Å². The molecule has 0 bridgehead atoms. The highest BCUT2D eigenvalue weighted by atomic mass is 16.2. The summed E-state index contributed by atoms with van der Waals surface area (Å²) in [6, 6.07) is 0. The number of carbonyl (C=O) groups excluding carboxylic acids is 2. The summed E-state index contributed by atoms with van der Waals surface area (Å²) in [5, 5.41) is 5.50. The SMILES string of the molecule is CCNC(=O)CCN(CCN)CCC(=O)NCC. The smallest absolute Gasteiger partial charge is 0.221 e. The Labute approximate surface area is 109 Å². The van der Waals surface area contributed by atoms with Crippen LogP contribution in [0, 0.1) is 0 Å². The molecule has 0 spiro atoms. The van der Waals surface area contributed by atoms with Crippen LogP contribution in [0.1, 0.15) is 26.7 Å². The normalized spacial score (nSPS) is 10.4. The van der Waals surface area contributed by atoms with E-state index >= 15 is 0 Å². The molecule has 6 nitrogen and oxygen atoms in total. The lowest BCUT2D eigenvalue weighted by molar-refractivity contribution is -0.121. The van der Waals surface area contributed by atoms with Crippen molar-refractivity contribution in [1.29, 1.82) is 0 Å². The van der Waals surface area contributed by atoms with Gasteiger partial charge < -0.3 is 21.3 Å². The van der Waals surface area contributed by atoms with Crippen molar-refractivity contribution in [2.24, 2.45) is 5.73 Å². The summed E-state index contributed by atoms with van der Waals surface area (Å²) in [6.45, 7) is 7.60. The average molecular weight is 258 g/mol. The van der Waals surface area contributed by atoms with Gasteiger partial charge in [0.2, 0.25) is 11.8 Å². The maximum Gasteiger partial charge on any atom is 0.221 e. The first-order valence-electron chi connectivity index (χ1n) is 6.59. The van der Waals surface area contributed by atoms with Gasteiger partial charge in [0.25, 0.3) is 0 Å². The third-order valence-corrected chi connectivity index (χ3v) is 2.50.